The minimum absolute atomic E-state index is 0.249. The first-order valence-corrected chi connectivity index (χ1v) is 4.69. The van der Waals surface area contributed by atoms with Gasteiger partial charge in [-0.1, -0.05) is 0 Å². The Morgan fingerprint density at radius 2 is 2.38 bits per heavy atom. The zero-order chi connectivity index (χ0) is 11.5. The first-order chi connectivity index (χ1) is 7.66. The normalized spacial score (nSPS) is 10.1. The van der Waals surface area contributed by atoms with Crippen LogP contribution in [0.1, 0.15) is 16.1 Å². The van der Waals surface area contributed by atoms with Gasteiger partial charge in [0.05, 0.1) is 11.9 Å². The Morgan fingerprint density at radius 1 is 1.56 bits per heavy atom. The number of carbonyl (C=O) groups excluding carboxylic acids is 1. The second-order valence-corrected chi connectivity index (χ2v) is 3.34. The molecule has 4 N–H and O–H groups in total. The number of nitrogens with zero attached hydrogens (tertiary/aromatic N) is 2. The van der Waals surface area contributed by atoms with E-state index in [1.54, 1.807) is 18.3 Å². The van der Waals surface area contributed by atoms with Crippen LogP contribution in [-0.4, -0.2) is 21.1 Å². The number of pyridine rings is 1. The smallest absolute Gasteiger partial charge is 0.256 e. The molecule has 2 aromatic heterocycles. The van der Waals surface area contributed by atoms with Gasteiger partial charge >= 0.3 is 0 Å². The molecule has 0 saturated heterocycles. The number of amides is 1. The van der Waals surface area contributed by atoms with E-state index in [0.717, 1.165) is 5.69 Å². The number of aromatic amines is 1. The molecule has 82 valence electrons. The number of nitrogens with two attached hydrogens (primary N) is 1. The molecule has 0 aliphatic carbocycles. The van der Waals surface area contributed by atoms with Crippen molar-refractivity contribution in [3.8, 4) is 0 Å². The van der Waals surface area contributed by atoms with Gasteiger partial charge in [0.2, 0.25) is 0 Å². The highest BCUT2D eigenvalue weighted by Crippen LogP contribution is 2.13. The highest BCUT2D eigenvalue weighted by atomic mass is 16.1. The number of hydrogen-bond donors (Lipinski definition) is 3. The van der Waals surface area contributed by atoms with Crippen LogP contribution in [-0.2, 0) is 0 Å². The van der Waals surface area contributed by atoms with Gasteiger partial charge in [0.1, 0.15) is 0 Å². The Morgan fingerprint density at radius 3 is 3.00 bits per heavy atom. The van der Waals surface area contributed by atoms with Gasteiger partial charge in [-0.3, -0.25) is 14.9 Å². The molecule has 2 rings (SSSR count). The predicted octanol–water partition coefficient (Wildman–Crippen LogP) is 0.948. The monoisotopic (exact) mass is 217 g/mol. The van der Waals surface area contributed by atoms with Gasteiger partial charge in [-0.2, -0.15) is 5.10 Å². The number of rotatable bonds is 2. The summed E-state index contributed by atoms with van der Waals surface area (Å²) in [5.74, 6) is 0.154. The maximum absolute atomic E-state index is 11.8. The van der Waals surface area contributed by atoms with Gasteiger partial charge in [-0.05, 0) is 19.1 Å². The first-order valence-electron chi connectivity index (χ1n) is 4.69. The Labute approximate surface area is 91.9 Å². The summed E-state index contributed by atoms with van der Waals surface area (Å²) in [7, 11) is 0. The van der Waals surface area contributed by atoms with Gasteiger partial charge in [0.25, 0.3) is 5.91 Å². The van der Waals surface area contributed by atoms with Crippen LogP contribution >= 0.6 is 0 Å². The SMILES string of the molecule is Cc1cc(C(=O)Nc2[nH]ncc2N)ccn1. The molecule has 2 heterocycles. The fraction of sp³-hybridized carbons (Fsp3) is 0.100. The number of anilines is 2. The summed E-state index contributed by atoms with van der Waals surface area (Å²) in [4.78, 5) is 15.8. The van der Waals surface area contributed by atoms with Crippen molar-refractivity contribution in [2.45, 2.75) is 6.92 Å². The molecular weight excluding hydrogens is 206 g/mol. The molecule has 0 spiro atoms. The largest absolute Gasteiger partial charge is 0.394 e. The van der Waals surface area contributed by atoms with E-state index in [1.807, 2.05) is 6.92 Å². The summed E-state index contributed by atoms with van der Waals surface area (Å²) in [5, 5.41) is 8.93. The minimum atomic E-state index is -0.249. The highest BCUT2D eigenvalue weighted by Gasteiger charge is 2.09. The van der Waals surface area contributed by atoms with E-state index in [0.29, 0.717) is 17.1 Å². The van der Waals surface area contributed by atoms with Crippen LogP contribution in [0.15, 0.2) is 24.5 Å². The number of nitrogens with one attached hydrogen (secondary N) is 2. The molecule has 0 aromatic carbocycles. The van der Waals surface area contributed by atoms with E-state index in [1.165, 1.54) is 6.20 Å². The Bertz CT molecular complexity index is 519. The molecule has 0 bridgehead atoms. The van der Waals surface area contributed by atoms with Crippen LogP contribution in [0.4, 0.5) is 11.5 Å². The molecule has 0 unspecified atom stereocenters. The van der Waals surface area contributed by atoms with Crippen molar-refractivity contribution < 1.29 is 4.79 Å². The molecule has 6 nitrogen and oxygen atoms in total. The van der Waals surface area contributed by atoms with Crippen LogP contribution in [0.5, 0.6) is 0 Å². The fourth-order valence-corrected chi connectivity index (χ4v) is 1.27. The van der Waals surface area contributed by atoms with Gasteiger partial charge in [0, 0.05) is 17.5 Å². The molecule has 0 fully saturated rings. The third kappa shape index (κ3) is 2.00. The van der Waals surface area contributed by atoms with Crippen LogP contribution in [0, 0.1) is 6.92 Å². The molecule has 0 aliphatic heterocycles. The van der Waals surface area contributed by atoms with Gasteiger partial charge in [-0.25, -0.2) is 0 Å². The average molecular weight is 217 g/mol. The molecule has 2 aromatic rings. The van der Waals surface area contributed by atoms with Crippen molar-refractivity contribution in [2.75, 3.05) is 11.1 Å². The standard InChI is InChI=1S/C10H11N5O/c1-6-4-7(2-3-12-6)10(16)14-9-8(11)5-13-15-9/h2-5H,11H2,1H3,(H2,13,14,15,16). The summed E-state index contributed by atoms with van der Waals surface area (Å²) < 4.78 is 0. The second kappa shape index (κ2) is 4.01. The molecule has 0 atom stereocenters. The van der Waals surface area contributed by atoms with Gasteiger partial charge in [0.15, 0.2) is 5.82 Å². The summed E-state index contributed by atoms with van der Waals surface area (Å²) >= 11 is 0. The van der Waals surface area contributed by atoms with E-state index in [2.05, 4.69) is 20.5 Å². The summed E-state index contributed by atoms with van der Waals surface area (Å²) in [6.07, 6.45) is 3.02. The third-order valence-corrected chi connectivity index (χ3v) is 2.07. The zero-order valence-corrected chi connectivity index (χ0v) is 8.69. The molecule has 0 radical (unpaired) electrons. The minimum Gasteiger partial charge on any atom is -0.394 e. The van der Waals surface area contributed by atoms with Gasteiger partial charge < -0.3 is 11.1 Å². The summed E-state index contributed by atoms with van der Waals surface area (Å²) in [6, 6.07) is 3.33. The van der Waals surface area contributed by atoms with Crippen molar-refractivity contribution in [1.29, 1.82) is 0 Å². The number of hydrogen-bond acceptors (Lipinski definition) is 4. The molecule has 16 heavy (non-hydrogen) atoms. The Kier molecular flexibility index (Phi) is 2.55. The van der Waals surface area contributed by atoms with E-state index >= 15 is 0 Å². The highest BCUT2D eigenvalue weighted by molar-refractivity contribution is 6.04. The molecule has 0 aliphatic rings. The maximum atomic E-state index is 11.8. The topological polar surface area (TPSA) is 96.7 Å². The van der Waals surface area contributed by atoms with Crippen LogP contribution in [0.25, 0.3) is 0 Å². The fourth-order valence-electron chi connectivity index (χ4n) is 1.27. The number of aryl methyl sites for hydroxylation is 1. The van der Waals surface area contributed by atoms with E-state index in [9.17, 15) is 4.79 Å². The van der Waals surface area contributed by atoms with Crippen LogP contribution in [0.3, 0.4) is 0 Å². The molecule has 0 saturated carbocycles. The van der Waals surface area contributed by atoms with E-state index in [-0.39, 0.29) is 5.91 Å². The number of carbonyl (C=O) groups is 1. The zero-order valence-electron chi connectivity index (χ0n) is 8.69. The molecular formula is C10H11N5O. The second-order valence-electron chi connectivity index (χ2n) is 3.34. The molecule has 6 heteroatoms. The predicted molar refractivity (Wildman–Crippen MR) is 59.9 cm³/mol. The lowest BCUT2D eigenvalue weighted by atomic mass is 10.2. The lowest BCUT2D eigenvalue weighted by Gasteiger charge is -2.03. The number of H-pyrrole nitrogens is 1. The third-order valence-electron chi connectivity index (χ3n) is 2.07. The van der Waals surface area contributed by atoms with E-state index in [4.69, 9.17) is 5.73 Å². The van der Waals surface area contributed by atoms with Crippen molar-refractivity contribution in [1.82, 2.24) is 15.2 Å². The summed E-state index contributed by atoms with van der Waals surface area (Å²) in [5.41, 5.74) is 7.29. The van der Waals surface area contributed by atoms with Crippen LogP contribution < -0.4 is 11.1 Å². The number of aromatic nitrogens is 3. The van der Waals surface area contributed by atoms with Crippen molar-refractivity contribution in [3.05, 3.63) is 35.8 Å². The maximum Gasteiger partial charge on any atom is 0.256 e. The average Bonchev–Trinajstić information content (AvgIpc) is 2.64. The lowest BCUT2D eigenvalue weighted by Crippen LogP contribution is -2.13. The van der Waals surface area contributed by atoms with Crippen molar-refractivity contribution in [2.24, 2.45) is 0 Å². The number of nitrogen functional groups attached to an aromatic ring is 1. The molecule has 1 amide bonds. The van der Waals surface area contributed by atoms with Crippen molar-refractivity contribution in [3.63, 3.8) is 0 Å². The van der Waals surface area contributed by atoms with Gasteiger partial charge in [-0.15, -0.1) is 0 Å². The quantitative estimate of drug-likeness (QED) is 0.697. The van der Waals surface area contributed by atoms with Crippen LogP contribution in [0.2, 0.25) is 0 Å². The Hall–Kier alpha value is -2.37. The Balaban J connectivity index is 2.18. The first kappa shape index (κ1) is 10.2. The van der Waals surface area contributed by atoms with E-state index < -0.39 is 0 Å². The summed E-state index contributed by atoms with van der Waals surface area (Å²) in [6.45, 7) is 1.82. The van der Waals surface area contributed by atoms with Crippen molar-refractivity contribution >= 4 is 17.4 Å². The lowest BCUT2D eigenvalue weighted by molar-refractivity contribution is 0.102.